The first-order valence-electron chi connectivity index (χ1n) is 9.18. The first-order chi connectivity index (χ1) is 14.8. The van der Waals surface area contributed by atoms with Gasteiger partial charge in [0.15, 0.2) is 11.5 Å². The molecule has 0 saturated heterocycles. The zero-order valence-electron chi connectivity index (χ0n) is 16.2. The van der Waals surface area contributed by atoms with E-state index in [0.717, 1.165) is 22.2 Å². The summed E-state index contributed by atoms with van der Waals surface area (Å²) in [6.07, 6.45) is 1.49. The van der Waals surface area contributed by atoms with Crippen molar-refractivity contribution in [1.82, 2.24) is 9.97 Å². The van der Waals surface area contributed by atoms with Gasteiger partial charge in [0, 0.05) is 27.7 Å². The molecule has 0 fully saturated rings. The van der Waals surface area contributed by atoms with Gasteiger partial charge in [-0.25, -0.2) is 9.97 Å². The van der Waals surface area contributed by atoms with Crippen LogP contribution in [0.1, 0.15) is 5.56 Å². The van der Waals surface area contributed by atoms with E-state index in [1.54, 1.807) is 19.2 Å². The molecule has 0 bridgehead atoms. The summed E-state index contributed by atoms with van der Waals surface area (Å²) in [5.41, 5.74) is 11.6. The molecule has 8 heteroatoms. The van der Waals surface area contributed by atoms with Crippen molar-refractivity contribution in [1.29, 1.82) is 0 Å². The Morgan fingerprint density at radius 1 is 1.00 bits per heavy atom. The second-order valence-corrected chi connectivity index (χ2v) is 6.38. The fourth-order valence-corrected chi connectivity index (χ4v) is 2.97. The third kappa shape index (κ3) is 4.24. The van der Waals surface area contributed by atoms with Gasteiger partial charge in [-0.2, -0.15) is 0 Å². The van der Waals surface area contributed by atoms with Crippen LogP contribution in [0.25, 0.3) is 21.3 Å². The van der Waals surface area contributed by atoms with Gasteiger partial charge in [-0.3, -0.25) is 0 Å². The molecule has 148 valence electrons. The number of methoxy groups -OCH3 is 1. The lowest BCUT2D eigenvalue weighted by molar-refractivity contribution is 0.285. The number of anilines is 2. The summed E-state index contributed by atoms with van der Waals surface area (Å²) in [6.45, 7) is 0.427. The molecule has 0 radical (unpaired) electrons. The number of rotatable bonds is 7. The highest BCUT2D eigenvalue weighted by atomic mass is 16.5. The normalized spacial score (nSPS) is 10.3. The number of benzene rings is 3. The second kappa shape index (κ2) is 8.81. The minimum Gasteiger partial charge on any atom is -0.493 e. The maximum absolute atomic E-state index is 8.52. The molecule has 1 N–H and O–H groups in total. The minimum absolute atomic E-state index is 0.427. The lowest BCUT2D eigenvalue weighted by atomic mass is 10.2. The average molecular weight is 398 g/mol. The summed E-state index contributed by atoms with van der Waals surface area (Å²) in [7, 11) is 1.60. The first-order valence-corrected chi connectivity index (χ1v) is 9.18. The van der Waals surface area contributed by atoms with E-state index in [-0.39, 0.29) is 0 Å². The van der Waals surface area contributed by atoms with Crippen LogP contribution in [-0.2, 0) is 6.61 Å². The van der Waals surface area contributed by atoms with Gasteiger partial charge in [0.05, 0.1) is 12.6 Å². The average Bonchev–Trinajstić information content (AvgIpc) is 2.79. The summed E-state index contributed by atoms with van der Waals surface area (Å²) in [5.74, 6) is 1.83. The Bertz CT molecular complexity index is 1210. The summed E-state index contributed by atoms with van der Waals surface area (Å²) >= 11 is 0. The van der Waals surface area contributed by atoms with E-state index in [0.29, 0.717) is 29.6 Å². The Labute approximate surface area is 172 Å². The van der Waals surface area contributed by atoms with Gasteiger partial charge >= 0.3 is 0 Å². The molecule has 0 aliphatic carbocycles. The third-order valence-corrected chi connectivity index (χ3v) is 4.45. The lowest BCUT2D eigenvalue weighted by Gasteiger charge is -2.14. The van der Waals surface area contributed by atoms with Gasteiger partial charge in [-0.15, -0.1) is 0 Å². The molecule has 4 rings (SSSR count). The van der Waals surface area contributed by atoms with Crippen LogP contribution < -0.4 is 14.8 Å². The van der Waals surface area contributed by atoms with E-state index < -0.39 is 0 Å². The van der Waals surface area contributed by atoms with E-state index in [9.17, 15) is 0 Å². The van der Waals surface area contributed by atoms with E-state index >= 15 is 0 Å². The molecule has 4 aromatic rings. The molecule has 0 aliphatic rings. The highest BCUT2D eigenvalue weighted by Gasteiger charge is 2.12. The van der Waals surface area contributed by atoms with Gasteiger partial charge < -0.3 is 14.8 Å². The van der Waals surface area contributed by atoms with Crippen molar-refractivity contribution in [3.05, 3.63) is 89.1 Å². The molecule has 1 aromatic heterocycles. The fraction of sp³-hybridized carbons (Fsp3) is 0.0909. The van der Waals surface area contributed by atoms with Crippen LogP contribution in [0.2, 0.25) is 0 Å². The Morgan fingerprint density at radius 2 is 1.80 bits per heavy atom. The van der Waals surface area contributed by atoms with Gasteiger partial charge in [-0.1, -0.05) is 47.6 Å². The number of hydrogen-bond acceptors (Lipinski definition) is 6. The maximum Gasteiger partial charge on any atom is 0.163 e. The van der Waals surface area contributed by atoms with Crippen LogP contribution in [0, 0.1) is 0 Å². The molecule has 3 aromatic carbocycles. The first kappa shape index (κ1) is 19.0. The van der Waals surface area contributed by atoms with Gasteiger partial charge in [-0.05, 0) is 29.3 Å². The highest BCUT2D eigenvalue weighted by molar-refractivity contribution is 5.93. The fourth-order valence-electron chi connectivity index (χ4n) is 2.97. The standard InChI is InChI=1S/C22H18N6O2/c1-29-20-11-18-19(12-21(20)30-13-15-5-3-2-4-6-15)24-14-25-22(18)26-16-7-9-17(10-8-16)27-28-23/h2-12,14H,13H2,1H3,(H,24,25,26). The molecule has 0 atom stereocenters. The Morgan fingerprint density at radius 3 is 2.53 bits per heavy atom. The maximum atomic E-state index is 8.52. The predicted molar refractivity (Wildman–Crippen MR) is 115 cm³/mol. The van der Waals surface area contributed by atoms with Crippen molar-refractivity contribution >= 4 is 28.1 Å². The second-order valence-electron chi connectivity index (χ2n) is 6.38. The molecule has 1 heterocycles. The summed E-state index contributed by atoms with van der Waals surface area (Å²) in [5, 5.41) is 7.63. The molecule has 30 heavy (non-hydrogen) atoms. The van der Waals surface area contributed by atoms with Crippen molar-refractivity contribution in [2.24, 2.45) is 5.11 Å². The molecule has 0 amide bonds. The molecular weight excluding hydrogens is 380 g/mol. The Hall–Kier alpha value is -4.29. The van der Waals surface area contributed by atoms with E-state index in [4.69, 9.17) is 15.0 Å². The largest absolute Gasteiger partial charge is 0.493 e. The predicted octanol–water partition coefficient (Wildman–Crippen LogP) is 5.90. The van der Waals surface area contributed by atoms with Gasteiger partial charge in [0.2, 0.25) is 0 Å². The van der Waals surface area contributed by atoms with Crippen LogP contribution >= 0.6 is 0 Å². The third-order valence-electron chi connectivity index (χ3n) is 4.45. The lowest BCUT2D eigenvalue weighted by Crippen LogP contribution is -2.00. The number of fused-ring (bicyclic) bond motifs is 1. The van der Waals surface area contributed by atoms with Gasteiger partial charge in [0.1, 0.15) is 18.8 Å². The topological polar surface area (TPSA) is 105 Å². The Balaban J connectivity index is 1.63. The van der Waals surface area contributed by atoms with Crippen LogP contribution in [0.4, 0.5) is 17.2 Å². The van der Waals surface area contributed by atoms with Crippen LogP contribution in [0.3, 0.4) is 0 Å². The summed E-state index contributed by atoms with van der Waals surface area (Å²) in [4.78, 5) is 11.5. The van der Waals surface area contributed by atoms with E-state index in [2.05, 4.69) is 25.3 Å². The smallest absolute Gasteiger partial charge is 0.163 e. The number of azide groups is 1. The van der Waals surface area contributed by atoms with Crippen molar-refractivity contribution < 1.29 is 9.47 Å². The van der Waals surface area contributed by atoms with Crippen LogP contribution in [-0.4, -0.2) is 17.1 Å². The van der Waals surface area contributed by atoms with Crippen molar-refractivity contribution in [3.63, 3.8) is 0 Å². The number of ether oxygens (including phenoxy) is 2. The van der Waals surface area contributed by atoms with Gasteiger partial charge in [0.25, 0.3) is 0 Å². The van der Waals surface area contributed by atoms with Crippen molar-refractivity contribution in [3.8, 4) is 11.5 Å². The molecule has 0 aliphatic heterocycles. The molecular formula is C22H18N6O2. The Kier molecular flexibility index (Phi) is 5.59. The molecule has 0 unspecified atom stereocenters. The SMILES string of the molecule is COc1cc2c(Nc3ccc(N=[N+]=[N-])cc3)ncnc2cc1OCc1ccccc1. The number of nitrogens with zero attached hydrogens (tertiary/aromatic N) is 5. The number of hydrogen-bond donors (Lipinski definition) is 1. The molecule has 0 spiro atoms. The van der Waals surface area contributed by atoms with Crippen LogP contribution in [0.15, 0.2) is 78.2 Å². The monoisotopic (exact) mass is 398 g/mol. The van der Waals surface area contributed by atoms with Crippen molar-refractivity contribution in [2.45, 2.75) is 6.61 Å². The van der Waals surface area contributed by atoms with E-state index in [1.807, 2.05) is 54.6 Å². The summed E-state index contributed by atoms with van der Waals surface area (Å²) < 4.78 is 11.5. The quantitative estimate of drug-likeness (QED) is 0.237. The summed E-state index contributed by atoms with van der Waals surface area (Å²) in [6, 6.07) is 20.7. The number of nitrogens with one attached hydrogen (secondary N) is 1. The molecule has 8 nitrogen and oxygen atoms in total. The van der Waals surface area contributed by atoms with Crippen molar-refractivity contribution in [2.75, 3.05) is 12.4 Å². The van der Waals surface area contributed by atoms with E-state index in [1.165, 1.54) is 6.33 Å². The highest BCUT2D eigenvalue weighted by Crippen LogP contribution is 2.35. The number of aromatic nitrogens is 2. The van der Waals surface area contributed by atoms with Crippen LogP contribution in [0.5, 0.6) is 11.5 Å². The zero-order chi connectivity index (χ0) is 20.8. The zero-order valence-corrected chi connectivity index (χ0v) is 16.2. The molecule has 0 saturated carbocycles. The minimum atomic E-state index is 0.427.